The van der Waals surface area contributed by atoms with Gasteiger partial charge in [0.05, 0.1) is 6.61 Å². The Bertz CT molecular complexity index is 2250. The molecule has 2 saturated heterocycles. The molecule has 0 saturated carbocycles. The summed E-state index contributed by atoms with van der Waals surface area (Å²) in [5, 5.41) is 0. The van der Waals surface area contributed by atoms with Gasteiger partial charge in [0.25, 0.3) is 0 Å². The number of piperazine rings is 1. The van der Waals surface area contributed by atoms with Crippen molar-refractivity contribution in [3.63, 3.8) is 0 Å². The minimum atomic E-state index is -3.07. The van der Waals surface area contributed by atoms with Crippen molar-refractivity contribution in [1.29, 1.82) is 0 Å². The first-order chi connectivity index (χ1) is 51.6. The number of Topliss-reactive ketones (excluding diaryl/α,β-unsaturated/α-hetero) is 7. The molecule has 0 radical (unpaired) electrons. The lowest BCUT2D eigenvalue weighted by Crippen LogP contribution is -2.88. The standard InChI is InChI=1S/C93H169N3O10/c1-10-18-26-34-42-50-58-66-81(97)90(82(98)67-59-51-43-35-27-19-11-2)80-96(88(104)73-65-57-49-41-33-25-17-8)91(83(99)68-60-52-44-36-28-20-12-3,74-79-106-89(105)95-77-75-94(9)76-78-95)93(86(102)71-63-55-47-39-31-23-15-6,87(103)72-64-56-48-40-32-24-16-7)92(90,84(100)69-61-53-45-37-29-21-13-4)85(101)70-62-54-46-38-30-22-14-5/h10-80H2,1-9H3. The summed E-state index contributed by atoms with van der Waals surface area (Å²) in [5.74, 6) is -5.49. The number of hydrogen-bond acceptors (Lipinski definition) is 11. The topological polar surface area (TPSA) is 173 Å². The van der Waals surface area contributed by atoms with Crippen LogP contribution in [0.5, 0.6) is 0 Å². The van der Waals surface area contributed by atoms with Gasteiger partial charge < -0.3 is 19.4 Å². The van der Waals surface area contributed by atoms with Crippen LogP contribution in [0.2, 0.25) is 0 Å². The lowest BCUT2D eigenvalue weighted by molar-refractivity contribution is -0.222. The molecule has 0 aromatic carbocycles. The maximum atomic E-state index is 18.4. The van der Waals surface area contributed by atoms with E-state index < -0.39 is 93.8 Å². The largest absolute Gasteiger partial charge is 0.449 e. The van der Waals surface area contributed by atoms with E-state index in [9.17, 15) is 4.79 Å². The highest BCUT2D eigenvalue weighted by Gasteiger charge is 2.88. The SMILES string of the molecule is CCCCCCCCCC(=O)N1CC(C(=O)CCCCCCCCC)(C(=O)CCCCCCCCC)C(C(=O)CCCCCCCCC)(C(=O)CCCCCCCCC)C(C(=O)CCCCCCCCC)(C(=O)CCCCCCCCC)C1(CCOC(=O)N1CCN(C)CC1)C(=O)CCCCCCCCC. The van der Waals surface area contributed by atoms with Gasteiger partial charge in [0, 0.05) is 90.5 Å². The zero-order valence-electron chi connectivity index (χ0n) is 71.1. The molecule has 0 aliphatic carbocycles. The van der Waals surface area contributed by atoms with Crippen LogP contribution in [0.25, 0.3) is 0 Å². The van der Waals surface area contributed by atoms with Gasteiger partial charge in [0.1, 0.15) is 44.9 Å². The molecule has 2 fully saturated rings. The maximum absolute atomic E-state index is 18.4. The number of carbonyl (C=O) groups is 9. The lowest BCUT2D eigenvalue weighted by Gasteiger charge is -2.68. The Morgan fingerprint density at radius 1 is 0.264 bits per heavy atom. The number of likely N-dealkylation sites (N-methyl/N-ethyl adjacent to an activating group) is 1. The average Bonchev–Trinajstić information content (AvgIpc) is 0.642. The molecule has 106 heavy (non-hydrogen) atoms. The number of ketones is 7. The molecule has 0 bridgehead atoms. The van der Waals surface area contributed by atoms with Gasteiger partial charge in [-0.2, -0.15) is 0 Å². The summed E-state index contributed by atoms with van der Waals surface area (Å²) >= 11 is 0. The van der Waals surface area contributed by atoms with Crippen molar-refractivity contribution in [1.82, 2.24) is 14.7 Å². The number of carbonyl (C=O) groups excluding carboxylic acids is 9. The van der Waals surface area contributed by atoms with Gasteiger partial charge in [-0.1, -0.05) is 364 Å². The van der Waals surface area contributed by atoms with Crippen LogP contribution in [0.15, 0.2) is 0 Å². The van der Waals surface area contributed by atoms with Crippen LogP contribution in [0.3, 0.4) is 0 Å². The first-order valence-corrected chi connectivity index (χ1v) is 46.2. The predicted molar refractivity (Wildman–Crippen MR) is 443 cm³/mol. The molecule has 13 nitrogen and oxygen atoms in total. The van der Waals surface area contributed by atoms with E-state index in [-0.39, 0.29) is 77.0 Å². The highest BCUT2D eigenvalue weighted by Crippen LogP contribution is 2.69. The Balaban J connectivity index is 3.85. The average molecular weight is 1490 g/mol. The molecule has 2 aliphatic heterocycles. The minimum Gasteiger partial charge on any atom is -0.449 e. The van der Waals surface area contributed by atoms with Crippen LogP contribution >= 0.6 is 0 Å². The van der Waals surface area contributed by atoms with Crippen LogP contribution < -0.4 is 0 Å². The van der Waals surface area contributed by atoms with Gasteiger partial charge in [0.15, 0.2) is 17.3 Å². The summed E-state index contributed by atoms with van der Waals surface area (Å²) in [6, 6.07) is 0. The van der Waals surface area contributed by atoms with Crippen molar-refractivity contribution in [3.05, 3.63) is 0 Å². The van der Waals surface area contributed by atoms with Crippen molar-refractivity contribution in [2.24, 2.45) is 16.2 Å². The third kappa shape index (κ3) is 33.0. The van der Waals surface area contributed by atoms with Gasteiger partial charge in [0.2, 0.25) is 5.91 Å². The van der Waals surface area contributed by atoms with Crippen LogP contribution in [-0.4, -0.2) is 119 Å². The molecule has 1 atom stereocenters. The molecule has 2 heterocycles. The van der Waals surface area contributed by atoms with Crippen molar-refractivity contribution < 1.29 is 47.9 Å². The Kier molecular flexibility index (Phi) is 57.6. The summed E-state index contributed by atoms with van der Waals surface area (Å²) in [4.78, 5) is 164. The molecule has 0 N–H and O–H groups in total. The highest BCUT2D eigenvalue weighted by atomic mass is 16.6. The predicted octanol–water partition coefficient (Wildman–Crippen LogP) is 25.4. The fourth-order valence-corrected chi connectivity index (χ4v) is 18.1. The smallest absolute Gasteiger partial charge is 0.409 e. The number of rotatable bonds is 74. The van der Waals surface area contributed by atoms with Crippen molar-refractivity contribution >= 4 is 52.5 Å². The van der Waals surface area contributed by atoms with Crippen LogP contribution in [0.1, 0.15) is 473 Å². The Labute approximate surface area is 652 Å². The van der Waals surface area contributed by atoms with E-state index in [1.165, 1.54) is 4.90 Å². The Hall–Kier alpha value is -3.61. The summed E-state index contributed by atoms with van der Waals surface area (Å²) in [6.07, 6.45) is 43.7. The van der Waals surface area contributed by atoms with E-state index in [0.29, 0.717) is 103 Å². The number of unbranched alkanes of at least 4 members (excludes halogenated alkanes) is 48. The van der Waals surface area contributed by atoms with Gasteiger partial charge in [-0.15, -0.1) is 0 Å². The molecule has 2 aliphatic rings. The molecule has 0 aromatic rings. The van der Waals surface area contributed by atoms with Crippen molar-refractivity contribution in [3.8, 4) is 0 Å². The van der Waals surface area contributed by atoms with Crippen molar-refractivity contribution in [2.75, 3.05) is 46.4 Å². The van der Waals surface area contributed by atoms with E-state index in [4.69, 9.17) is 4.74 Å². The Morgan fingerprint density at radius 3 is 0.764 bits per heavy atom. The molecule has 13 heteroatoms. The van der Waals surface area contributed by atoms with Crippen molar-refractivity contribution in [2.45, 2.75) is 478 Å². The monoisotopic (exact) mass is 1490 g/mol. The van der Waals surface area contributed by atoms with Gasteiger partial charge in [-0.25, -0.2) is 4.79 Å². The van der Waals surface area contributed by atoms with Gasteiger partial charge in [-0.05, 0) is 58.4 Å². The number of likely N-dealkylation sites (tertiary alicyclic amines) is 1. The molecule has 0 aromatic heterocycles. The van der Waals surface area contributed by atoms with E-state index in [1.54, 1.807) is 4.90 Å². The molecule has 616 valence electrons. The second kappa shape index (κ2) is 62.0. The zero-order valence-corrected chi connectivity index (χ0v) is 71.1. The van der Waals surface area contributed by atoms with Gasteiger partial charge >= 0.3 is 6.09 Å². The number of nitrogens with zero attached hydrogens (tertiary/aromatic N) is 3. The lowest BCUT2D eigenvalue weighted by atomic mass is 9.33. The molecule has 0 spiro atoms. The number of ether oxygens (including phenoxy) is 1. The molecule has 1 unspecified atom stereocenters. The normalized spacial score (nSPS) is 16.3. The zero-order chi connectivity index (χ0) is 77.8. The van der Waals surface area contributed by atoms with E-state index in [0.717, 1.165) is 257 Å². The second-order valence-electron chi connectivity index (χ2n) is 33.3. The van der Waals surface area contributed by atoms with Crippen LogP contribution in [-0.2, 0) is 43.1 Å². The quantitative estimate of drug-likeness (QED) is 0.0419. The first kappa shape index (κ1) is 98.5. The number of piperidine rings is 1. The second-order valence-corrected chi connectivity index (χ2v) is 33.3. The summed E-state index contributed by atoms with van der Waals surface area (Å²) in [5.41, 5.74) is -11.5. The molecule has 2 amide bonds. The van der Waals surface area contributed by atoms with Crippen LogP contribution in [0, 0.1) is 16.2 Å². The maximum Gasteiger partial charge on any atom is 0.409 e. The number of hydrogen-bond donors (Lipinski definition) is 0. The fourth-order valence-electron chi connectivity index (χ4n) is 18.1. The van der Waals surface area contributed by atoms with E-state index in [2.05, 4.69) is 60.3 Å². The summed E-state index contributed by atoms with van der Waals surface area (Å²) in [6.45, 7) is 18.1. The van der Waals surface area contributed by atoms with E-state index >= 15 is 38.4 Å². The highest BCUT2D eigenvalue weighted by molar-refractivity contribution is 6.31. The fraction of sp³-hybridized carbons (Fsp3) is 0.903. The Morgan fingerprint density at radius 2 is 0.491 bits per heavy atom. The minimum absolute atomic E-state index is 0.117. The molecular formula is C93H169N3O10. The third-order valence-corrected chi connectivity index (χ3v) is 24.6. The van der Waals surface area contributed by atoms with Crippen LogP contribution in [0.4, 0.5) is 4.79 Å². The first-order valence-electron chi connectivity index (χ1n) is 46.2. The summed E-state index contributed by atoms with van der Waals surface area (Å²) < 4.78 is 6.52. The summed E-state index contributed by atoms with van der Waals surface area (Å²) in [7, 11) is 2.01. The number of amides is 2. The molecule has 2 rings (SSSR count). The van der Waals surface area contributed by atoms with Gasteiger partial charge in [-0.3, -0.25) is 38.4 Å². The van der Waals surface area contributed by atoms with E-state index in [1.807, 2.05) is 7.05 Å². The molecular weight excluding hydrogens is 1320 g/mol. The third-order valence-electron chi connectivity index (χ3n) is 24.6.